The van der Waals surface area contributed by atoms with Gasteiger partial charge in [0.15, 0.2) is 0 Å². The molecule has 3 fully saturated rings. The lowest BCUT2D eigenvalue weighted by Gasteiger charge is -2.50. The average molecular weight is 264 g/mol. The summed E-state index contributed by atoms with van der Waals surface area (Å²) < 4.78 is 0. The first kappa shape index (κ1) is 12.9. The van der Waals surface area contributed by atoms with Gasteiger partial charge in [-0.2, -0.15) is 0 Å². The number of hydrogen-bond acceptors (Lipinski definition) is 2. The van der Waals surface area contributed by atoms with E-state index in [9.17, 15) is 9.59 Å². The molecule has 2 atom stereocenters. The van der Waals surface area contributed by atoms with Gasteiger partial charge in [-0.25, -0.2) is 0 Å². The highest BCUT2D eigenvalue weighted by atomic mass is 16.2. The average Bonchev–Trinajstić information content (AvgIpc) is 3.25. The van der Waals surface area contributed by atoms with Gasteiger partial charge in [-0.3, -0.25) is 9.59 Å². The number of carbonyl (C=O) groups is 2. The Kier molecular flexibility index (Phi) is 2.70. The Balaban J connectivity index is 1.92. The van der Waals surface area contributed by atoms with Crippen molar-refractivity contribution in [1.82, 2.24) is 10.2 Å². The fourth-order valence-electron chi connectivity index (χ4n) is 3.18. The Morgan fingerprint density at radius 2 is 1.84 bits per heavy atom. The summed E-state index contributed by atoms with van der Waals surface area (Å²) in [6.07, 6.45) is 5.19. The van der Waals surface area contributed by atoms with Crippen molar-refractivity contribution >= 4 is 11.8 Å². The van der Waals surface area contributed by atoms with Gasteiger partial charge < -0.3 is 10.2 Å². The number of hydrogen-bond donors (Lipinski definition) is 1. The van der Waals surface area contributed by atoms with E-state index in [1.54, 1.807) is 0 Å². The van der Waals surface area contributed by atoms with E-state index in [1.807, 2.05) is 25.7 Å². The zero-order chi connectivity index (χ0) is 13.8. The van der Waals surface area contributed by atoms with Gasteiger partial charge in [0.05, 0.1) is 0 Å². The van der Waals surface area contributed by atoms with Crippen LogP contribution in [0.4, 0.5) is 0 Å². The predicted molar refractivity (Wildman–Crippen MR) is 72.4 cm³/mol. The van der Waals surface area contributed by atoms with Crippen molar-refractivity contribution in [1.29, 1.82) is 0 Å². The van der Waals surface area contributed by atoms with Crippen LogP contribution in [-0.4, -0.2) is 34.3 Å². The quantitative estimate of drug-likeness (QED) is 0.840. The third-order valence-electron chi connectivity index (χ3n) is 5.37. The molecule has 0 aromatic heterocycles. The summed E-state index contributed by atoms with van der Waals surface area (Å²) in [6.45, 7) is 6.58. The first-order chi connectivity index (χ1) is 8.91. The van der Waals surface area contributed by atoms with Crippen LogP contribution in [0.1, 0.15) is 52.9 Å². The Bertz CT molecular complexity index is 428. The molecular formula is C15H24N2O2. The molecular weight excluding hydrogens is 240 g/mol. The van der Waals surface area contributed by atoms with Crippen LogP contribution in [0.25, 0.3) is 0 Å². The minimum absolute atomic E-state index is 0.0321. The molecule has 2 aliphatic carbocycles. The second-order valence-electron chi connectivity index (χ2n) is 6.92. The number of nitrogens with one attached hydrogen (secondary N) is 1. The SMILES string of the molecule is CCC1(C)C(=O)NC(C)(C2CC2)C(=O)N1CC1CC1. The van der Waals surface area contributed by atoms with E-state index in [1.165, 1.54) is 12.8 Å². The van der Waals surface area contributed by atoms with Crippen LogP contribution in [0.5, 0.6) is 0 Å². The summed E-state index contributed by atoms with van der Waals surface area (Å²) in [5.41, 5.74) is -1.31. The van der Waals surface area contributed by atoms with Gasteiger partial charge in [0, 0.05) is 6.54 Å². The van der Waals surface area contributed by atoms with E-state index >= 15 is 0 Å². The minimum atomic E-state index is -0.659. The first-order valence-electron chi connectivity index (χ1n) is 7.56. The molecule has 2 saturated carbocycles. The maximum Gasteiger partial charge on any atom is 0.249 e. The molecule has 0 spiro atoms. The second-order valence-corrected chi connectivity index (χ2v) is 6.92. The van der Waals surface area contributed by atoms with Crippen molar-refractivity contribution in [3.63, 3.8) is 0 Å². The molecule has 3 aliphatic rings. The molecule has 0 aromatic rings. The molecule has 4 heteroatoms. The standard InChI is InChI=1S/C15H24N2O2/c1-4-14(2)12(18)16-15(3,11-7-8-11)13(19)17(14)9-10-5-6-10/h10-11H,4-9H2,1-3H3,(H,16,18). The van der Waals surface area contributed by atoms with Gasteiger partial charge in [0.2, 0.25) is 11.8 Å². The Morgan fingerprint density at radius 1 is 1.21 bits per heavy atom. The van der Waals surface area contributed by atoms with Gasteiger partial charge >= 0.3 is 0 Å². The Labute approximate surface area is 114 Å². The number of carbonyl (C=O) groups excluding carboxylic acids is 2. The van der Waals surface area contributed by atoms with Crippen LogP contribution in [0.3, 0.4) is 0 Å². The summed E-state index contributed by atoms with van der Waals surface area (Å²) >= 11 is 0. The van der Waals surface area contributed by atoms with Crippen LogP contribution in [0.15, 0.2) is 0 Å². The van der Waals surface area contributed by atoms with Crippen molar-refractivity contribution < 1.29 is 9.59 Å². The molecule has 4 nitrogen and oxygen atoms in total. The summed E-state index contributed by atoms with van der Waals surface area (Å²) in [6, 6.07) is 0. The van der Waals surface area contributed by atoms with E-state index in [-0.39, 0.29) is 11.8 Å². The third kappa shape index (κ3) is 1.87. The molecule has 3 rings (SSSR count). The lowest BCUT2D eigenvalue weighted by molar-refractivity contribution is -0.163. The smallest absolute Gasteiger partial charge is 0.249 e. The van der Waals surface area contributed by atoms with Crippen LogP contribution in [0, 0.1) is 11.8 Å². The molecule has 19 heavy (non-hydrogen) atoms. The highest BCUT2D eigenvalue weighted by Gasteiger charge is 2.59. The summed E-state index contributed by atoms with van der Waals surface area (Å²) in [5, 5.41) is 3.04. The van der Waals surface area contributed by atoms with Crippen LogP contribution in [0.2, 0.25) is 0 Å². The lowest BCUT2D eigenvalue weighted by atomic mass is 9.82. The van der Waals surface area contributed by atoms with Crippen LogP contribution >= 0.6 is 0 Å². The number of rotatable bonds is 4. The molecule has 106 valence electrons. The van der Waals surface area contributed by atoms with Gasteiger partial charge in [-0.1, -0.05) is 6.92 Å². The first-order valence-corrected chi connectivity index (χ1v) is 7.56. The topological polar surface area (TPSA) is 49.4 Å². The molecule has 0 aromatic carbocycles. The predicted octanol–water partition coefficient (Wildman–Crippen LogP) is 1.69. The van der Waals surface area contributed by atoms with Crippen molar-refractivity contribution in [2.75, 3.05) is 6.54 Å². The van der Waals surface area contributed by atoms with E-state index in [4.69, 9.17) is 0 Å². The van der Waals surface area contributed by atoms with E-state index in [0.717, 1.165) is 19.4 Å². The third-order valence-corrected chi connectivity index (χ3v) is 5.37. The maximum atomic E-state index is 12.9. The van der Waals surface area contributed by atoms with Gasteiger partial charge in [-0.05, 0) is 57.8 Å². The molecule has 1 heterocycles. The zero-order valence-electron chi connectivity index (χ0n) is 12.2. The number of amides is 2. The van der Waals surface area contributed by atoms with Crippen molar-refractivity contribution in [3.8, 4) is 0 Å². The largest absolute Gasteiger partial charge is 0.340 e. The van der Waals surface area contributed by atoms with Gasteiger partial charge in [-0.15, -0.1) is 0 Å². The fourth-order valence-corrected chi connectivity index (χ4v) is 3.18. The fraction of sp³-hybridized carbons (Fsp3) is 0.867. The Hall–Kier alpha value is -1.06. The highest BCUT2D eigenvalue weighted by Crippen LogP contribution is 2.45. The number of nitrogens with zero attached hydrogens (tertiary/aromatic N) is 1. The highest BCUT2D eigenvalue weighted by molar-refractivity contribution is 6.02. The number of piperazine rings is 1. The van der Waals surface area contributed by atoms with E-state index < -0.39 is 11.1 Å². The van der Waals surface area contributed by atoms with Gasteiger partial charge in [0.1, 0.15) is 11.1 Å². The van der Waals surface area contributed by atoms with E-state index in [0.29, 0.717) is 18.3 Å². The van der Waals surface area contributed by atoms with Crippen LogP contribution < -0.4 is 5.32 Å². The van der Waals surface area contributed by atoms with Crippen LogP contribution in [-0.2, 0) is 9.59 Å². The monoisotopic (exact) mass is 264 g/mol. The molecule has 0 radical (unpaired) electrons. The van der Waals surface area contributed by atoms with E-state index in [2.05, 4.69) is 5.32 Å². The molecule has 2 amide bonds. The van der Waals surface area contributed by atoms with Crippen molar-refractivity contribution in [3.05, 3.63) is 0 Å². The van der Waals surface area contributed by atoms with Crippen molar-refractivity contribution in [2.45, 2.75) is 64.0 Å². The van der Waals surface area contributed by atoms with Crippen molar-refractivity contribution in [2.24, 2.45) is 11.8 Å². The summed E-state index contributed by atoms with van der Waals surface area (Å²) in [4.78, 5) is 27.4. The summed E-state index contributed by atoms with van der Waals surface area (Å²) in [5.74, 6) is 1.13. The molecule has 1 N–H and O–H groups in total. The molecule has 0 bridgehead atoms. The second kappa shape index (κ2) is 3.97. The molecule has 2 unspecified atom stereocenters. The Morgan fingerprint density at radius 3 is 2.32 bits per heavy atom. The normalized spacial score (nSPS) is 39.4. The maximum absolute atomic E-state index is 12.9. The molecule has 1 saturated heterocycles. The summed E-state index contributed by atoms with van der Waals surface area (Å²) in [7, 11) is 0. The molecule has 1 aliphatic heterocycles. The minimum Gasteiger partial charge on any atom is -0.340 e. The lowest BCUT2D eigenvalue weighted by Crippen LogP contribution is -2.74. The van der Waals surface area contributed by atoms with Gasteiger partial charge in [0.25, 0.3) is 0 Å². The zero-order valence-corrected chi connectivity index (χ0v) is 12.2.